The van der Waals surface area contributed by atoms with Crippen molar-refractivity contribution in [1.82, 2.24) is 5.32 Å². The maximum atomic E-state index is 12.0. The smallest absolute Gasteiger partial charge is 0.319 e. The molecule has 0 unspecified atom stereocenters. The molecule has 2 amide bonds. The standard InChI is InChI=1S/C17H20N2O2S/c1-22-12-13-7-9-15(10-8-13)18-17(21)19-16(11-20)14-5-3-2-4-6-14/h2-10,16,20H,11-12H2,1H3,(H2,18,19,21)/t16-/m1/s1. The van der Waals surface area contributed by atoms with Crippen LogP contribution in [0.1, 0.15) is 17.2 Å². The van der Waals surface area contributed by atoms with Gasteiger partial charge in [0.15, 0.2) is 0 Å². The zero-order chi connectivity index (χ0) is 15.8. The van der Waals surface area contributed by atoms with Gasteiger partial charge in [-0.3, -0.25) is 0 Å². The second-order valence-electron chi connectivity index (χ2n) is 4.87. The molecular formula is C17H20N2O2S. The molecular weight excluding hydrogens is 296 g/mol. The normalized spacial score (nSPS) is 11.7. The van der Waals surface area contributed by atoms with Gasteiger partial charge in [-0.05, 0) is 29.5 Å². The Morgan fingerprint density at radius 2 is 1.82 bits per heavy atom. The van der Waals surface area contributed by atoms with Crippen molar-refractivity contribution in [2.75, 3.05) is 18.2 Å². The Labute approximate surface area is 134 Å². The Balaban J connectivity index is 1.94. The maximum absolute atomic E-state index is 12.0. The summed E-state index contributed by atoms with van der Waals surface area (Å²) in [5.41, 5.74) is 2.82. The lowest BCUT2D eigenvalue weighted by atomic mass is 10.1. The molecule has 22 heavy (non-hydrogen) atoms. The molecule has 0 aliphatic rings. The van der Waals surface area contributed by atoms with Crippen LogP contribution >= 0.6 is 11.8 Å². The van der Waals surface area contributed by atoms with E-state index in [1.807, 2.05) is 54.6 Å². The van der Waals surface area contributed by atoms with Gasteiger partial charge in [0.25, 0.3) is 0 Å². The number of hydrogen-bond acceptors (Lipinski definition) is 3. The summed E-state index contributed by atoms with van der Waals surface area (Å²) >= 11 is 1.76. The van der Waals surface area contributed by atoms with Crippen molar-refractivity contribution in [2.24, 2.45) is 0 Å². The summed E-state index contributed by atoms with van der Waals surface area (Å²) in [7, 11) is 0. The lowest BCUT2D eigenvalue weighted by molar-refractivity contribution is 0.225. The SMILES string of the molecule is CSCc1ccc(NC(=O)N[C@H](CO)c2ccccc2)cc1. The average molecular weight is 316 g/mol. The van der Waals surface area contributed by atoms with Crippen LogP contribution in [0.2, 0.25) is 0 Å². The third-order valence-corrected chi connectivity index (χ3v) is 3.83. The first-order valence-corrected chi connectivity index (χ1v) is 8.43. The molecule has 0 fully saturated rings. The summed E-state index contributed by atoms with van der Waals surface area (Å²) in [6.45, 7) is -0.149. The van der Waals surface area contributed by atoms with E-state index in [1.165, 1.54) is 5.56 Å². The highest BCUT2D eigenvalue weighted by Gasteiger charge is 2.13. The largest absolute Gasteiger partial charge is 0.394 e. The molecule has 4 nitrogen and oxygen atoms in total. The fraction of sp³-hybridized carbons (Fsp3) is 0.235. The van der Waals surface area contributed by atoms with E-state index in [1.54, 1.807) is 11.8 Å². The molecule has 116 valence electrons. The highest BCUT2D eigenvalue weighted by atomic mass is 32.2. The molecule has 2 aromatic rings. The van der Waals surface area contributed by atoms with Crippen molar-refractivity contribution < 1.29 is 9.90 Å². The van der Waals surface area contributed by atoms with Crippen molar-refractivity contribution in [1.29, 1.82) is 0 Å². The van der Waals surface area contributed by atoms with Crippen molar-refractivity contribution in [3.63, 3.8) is 0 Å². The van der Waals surface area contributed by atoms with Crippen LogP contribution in [-0.2, 0) is 5.75 Å². The quantitative estimate of drug-likeness (QED) is 0.765. The summed E-state index contributed by atoms with van der Waals surface area (Å²) in [5, 5.41) is 15.0. The van der Waals surface area contributed by atoms with Crippen molar-refractivity contribution in [3.05, 3.63) is 65.7 Å². The van der Waals surface area contributed by atoms with Gasteiger partial charge in [-0.15, -0.1) is 0 Å². The average Bonchev–Trinajstić information content (AvgIpc) is 2.55. The molecule has 2 rings (SSSR count). The second-order valence-corrected chi connectivity index (χ2v) is 5.74. The number of aliphatic hydroxyl groups excluding tert-OH is 1. The fourth-order valence-corrected chi connectivity index (χ4v) is 2.62. The Morgan fingerprint density at radius 1 is 1.14 bits per heavy atom. The fourth-order valence-electron chi connectivity index (χ4n) is 2.10. The van der Waals surface area contributed by atoms with Crippen LogP contribution < -0.4 is 10.6 Å². The van der Waals surface area contributed by atoms with Crippen molar-refractivity contribution >= 4 is 23.5 Å². The topological polar surface area (TPSA) is 61.4 Å². The summed E-state index contributed by atoms with van der Waals surface area (Å²) in [6.07, 6.45) is 2.05. The highest BCUT2D eigenvalue weighted by molar-refractivity contribution is 7.97. The van der Waals surface area contributed by atoms with Gasteiger partial charge in [0.1, 0.15) is 0 Å². The predicted molar refractivity (Wildman–Crippen MR) is 92.1 cm³/mol. The minimum absolute atomic E-state index is 0.149. The number of carbonyl (C=O) groups is 1. The number of nitrogens with one attached hydrogen (secondary N) is 2. The molecule has 0 bridgehead atoms. The number of hydrogen-bond donors (Lipinski definition) is 3. The molecule has 2 aromatic carbocycles. The second kappa shape index (κ2) is 8.46. The molecule has 1 atom stereocenters. The van der Waals surface area contributed by atoms with Crippen LogP contribution in [0.3, 0.4) is 0 Å². The van der Waals surface area contributed by atoms with E-state index < -0.39 is 6.04 Å². The molecule has 0 saturated heterocycles. The van der Waals surface area contributed by atoms with E-state index in [0.29, 0.717) is 0 Å². The van der Waals surface area contributed by atoms with Gasteiger partial charge in [0.05, 0.1) is 12.6 Å². The molecule has 0 saturated carbocycles. The lowest BCUT2D eigenvalue weighted by Gasteiger charge is -2.17. The molecule has 5 heteroatoms. The Morgan fingerprint density at radius 3 is 2.41 bits per heavy atom. The van der Waals surface area contributed by atoms with Crippen LogP contribution in [0.25, 0.3) is 0 Å². The molecule has 3 N–H and O–H groups in total. The Kier molecular flexibility index (Phi) is 6.30. The Bertz CT molecular complexity index is 587. The summed E-state index contributed by atoms with van der Waals surface area (Å²) in [4.78, 5) is 12.0. The minimum Gasteiger partial charge on any atom is -0.394 e. The van der Waals surface area contributed by atoms with Crippen LogP contribution in [0.5, 0.6) is 0 Å². The molecule has 0 radical (unpaired) electrons. The zero-order valence-corrected chi connectivity index (χ0v) is 13.3. The number of benzene rings is 2. The monoisotopic (exact) mass is 316 g/mol. The van der Waals surface area contributed by atoms with Gasteiger partial charge in [0.2, 0.25) is 0 Å². The first-order chi connectivity index (χ1) is 10.7. The minimum atomic E-state index is -0.419. The van der Waals surface area contributed by atoms with E-state index in [4.69, 9.17) is 0 Å². The predicted octanol–water partition coefficient (Wildman–Crippen LogP) is 3.40. The van der Waals surface area contributed by atoms with Crippen molar-refractivity contribution in [2.45, 2.75) is 11.8 Å². The van der Waals surface area contributed by atoms with E-state index >= 15 is 0 Å². The van der Waals surface area contributed by atoms with Gasteiger partial charge in [-0.25, -0.2) is 4.79 Å². The zero-order valence-electron chi connectivity index (χ0n) is 12.5. The van der Waals surface area contributed by atoms with Crippen LogP contribution in [0, 0.1) is 0 Å². The maximum Gasteiger partial charge on any atom is 0.319 e. The molecule has 0 aromatic heterocycles. The molecule has 0 heterocycles. The lowest BCUT2D eigenvalue weighted by Crippen LogP contribution is -2.34. The van der Waals surface area contributed by atoms with E-state index in [9.17, 15) is 9.90 Å². The third kappa shape index (κ3) is 4.79. The number of thioether (sulfide) groups is 1. The van der Waals surface area contributed by atoms with Gasteiger partial charge in [-0.1, -0.05) is 42.5 Å². The number of rotatable bonds is 6. The number of amides is 2. The summed E-state index contributed by atoms with van der Waals surface area (Å²) in [5.74, 6) is 0.951. The van der Waals surface area contributed by atoms with Gasteiger partial charge in [0, 0.05) is 11.4 Å². The molecule has 0 spiro atoms. The Hall–Kier alpha value is -1.98. The van der Waals surface area contributed by atoms with E-state index in [-0.39, 0.29) is 12.6 Å². The van der Waals surface area contributed by atoms with Crippen LogP contribution in [0.15, 0.2) is 54.6 Å². The molecule has 0 aliphatic heterocycles. The summed E-state index contributed by atoms with van der Waals surface area (Å²) in [6, 6.07) is 16.4. The number of anilines is 1. The van der Waals surface area contributed by atoms with Crippen molar-refractivity contribution in [3.8, 4) is 0 Å². The van der Waals surface area contributed by atoms with E-state index in [2.05, 4.69) is 16.9 Å². The highest BCUT2D eigenvalue weighted by Crippen LogP contribution is 2.15. The van der Waals surface area contributed by atoms with Crippen LogP contribution in [0.4, 0.5) is 10.5 Å². The van der Waals surface area contributed by atoms with Gasteiger partial charge < -0.3 is 15.7 Å². The van der Waals surface area contributed by atoms with E-state index in [0.717, 1.165) is 17.0 Å². The number of urea groups is 1. The number of aliphatic hydroxyl groups is 1. The third-order valence-electron chi connectivity index (χ3n) is 3.21. The first kappa shape index (κ1) is 16.4. The van der Waals surface area contributed by atoms with Gasteiger partial charge in [-0.2, -0.15) is 11.8 Å². The molecule has 0 aliphatic carbocycles. The first-order valence-electron chi connectivity index (χ1n) is 7.04. The van der Waals surface area contributed by atoms with Gasteiger partial charge >= 0.3 is 6.03 Å². The summed E-state index contributed by atoms with van der Waals surface area (Å²) < 4.78 is 0. The van der Waals surface area contributed by atoms with Crippen LogP contribution in [-0.4, -0.2) is 24.0 Å². The number of carbonyl (C=O) groups excluding carboxylic acids is 1.